The van der Waals surface area contributed by atoms with Gasteiger partial charge in [-0.3, -0.25) is 9.59 Å². The van der Waals surface area contributed by atoms with E-state index in [0.717, 1.165) is 17.3 Å². The van der Waals surface area contributed by atoms with Gasteiger partial charge in [0.05, 0.1) is 5.25 Å². The molecule has 73 valence electrons. The van der Waals surface area contributed by atoms with Crippen molar-refractivity contribution in [1.29, 1.82) is 0 Å². The van der Waals surface area contributed by atoms with Gasteiger partial charge in [-0.2, -0.15) is 0 Å². The van der Waals surface area contributed by atoms with Crippen LogP contribution in [0.1, 0.15) is 12.5 Å². The van der Waals surface area contributed by atoms with Crippen molar-refractivity contribution >= 4 is 23.2 Å². The second-order valence-corrected chi connectivity index (χ2v) is 4.29. The van der Waals surface area contributed by atoms with Crippen LogP contribution in [-0.4, -0.2) is 16.7 Å². The van der Waals surface area contributed by atoms with Crippen LogP contribution in [0.3, 0.4) is 0 Å². The van der Waals surface area contributed by atoms with Gasteiger partial charge in [0.1, 0.15) is 0 Å². The zero-order valence-electron chi connectivity index (χ0n) is 7.90. The smallest absolute Gasteiger partial charge is 0.213 e. The Labute approximate surface area is 87.7 Å². The number of thioether (sulfide) groups is 1. The molecule has 1 aromatic rings. The summed E-state index contributed by atoms with van der Waals surface area (Å²) < 4.78 is 0. The van der Waals surface area contributed by atoms with E-state index in [1.54, 1.807) is 0 Å². The molecule has 14 heavy (non-hydrogen) atoms. The van der Waals surface area contributed by atoms with Crippen LogP contribution >= 0.6 is 11.8 Å². The maximum Gasteiger partial charge on any atom is 0.213 e. The van der Waals surface area contributed by atoms with E-state index in [4.69, 9.17) is 0 Å². The van der Waals surface area contributed by atoms with Crippen molar-refractivity contribution in [2.24, 2.45) is 0 Å². The zero-order valence-corrected chi connectivity index (χ0v) is 8.71. The largest absolute Gasteiger partial charge is 0.290 e. The van der Waals surface area contributed by atoms with Gasteiger partial charge in [-0.05, 0) is 12.0 Å². The fourth-order valence-electron chi connectivity index (χ4n) is 1.14. The maximum atomic E-state index is 10.8. The molecule has 0 saturated carbocycles. The Morgan fingerprint density at radius 1 is 1.43 bits per heavy atom. The van der Waals surface area contributed by atoms with Crippen molar-refractivity contribution in [3.05, 3.63) is 35.9 Å². The van der Waals surface area contributed by atoms with Crippen LogP contribution in [0.25, 0.3) is 0 Å². The lowest BCUT2D eigenvalue weighted by atomic mass is 10.1. The molecule has 0 aromatic heterocycles. The lowest BCUT2D eigenvalue weighted by molar-refractivity contribution is -0.109. The van der Waals surface area contributed by atoms with Gasteiger partial charge < -0.3 is 0 Å². The molecular formula is C11H11O2S. The van der Waals surface area contributed by atoms with E-state index >= 15 is 0 Å². The Hall–Kier alpha value is -1.09. The molecule has 0 N–H and O–H groups in total. The van der Waals surface area contributed by atoms with Gasteiger partial charge in [0.15, 0.2) is 5.12 Å². The van der Waals surface area contributed by atoms with Crippen molar-refractivity contribution in [2.75, 3.05) is 0 Å². The minimum Gasteiger partial charge on any atom is -0.290 e. The van der Waals surface area contributed by atoms with Gasteiger partial charge in [-0.1, -0.05) is 42.1 Å². The monoisotopic (exact) mass is 207 g/mol. The molecule has 1 aromatic carbocycles. The van der Waals surface area contributed by atoms with Crippen molar-refractivity contribution in [3.63, 3.8) is 0 Å². The first-order chi connectivity index (χ1) is 6.72. The van der Waals surface area contributed by atoms with Gasteiger partial charge in [0.25, 0.3) is 0 Å². The Kier molecular flexibility index (Phi) is 4.40. The standard InChI is InChI=1S/C11H11O2S/c1-9(13)14-11(8-12)7-10-5-3-2-4-6-10/h2-6,11H,7H2,1H3. The van der Waals surface area contributed by atoms with Crippen LogP contribution in [-0.2, 0) is 16.0 Å². The number of benzene rings is 1. The molecule has 3 heteroatoms. The molecule has 1 unspecified atom stereocenters. The second-order valence-electron chi connectivity index (χ2n) is 2.91. The molecule has 0 fully saturated rings. The topological polar surface area (TPSA) is 34.1 Å². The third-order valence-corrected chi connectivity index (χ3v) is 2.58. The molecule has 0 aliphatic heterocycles. The molecule has 0 amide bonds. The molecule has 0 aliphatic carbocycles. The van der Waals surface area contributed by atoms with Gasteiger partial charge in [-0.25, -0.2) is 0 Å². The minimum atomic E-state index is -0.380. The van der Waals surface area contributed by atoms with Crippen LogP contribution in [0.5, 0.6) is 0 Å². The summed E-state index contributed by atoms with van der Waals surface area (Å²) in [6.45, 7) is 1.46. The molecular weight excluding hydrogens is 196 g/mol. The van der Waals surface area contributed by atoms with Crippen LogP contribution in [0.4, 0.5) is 0 Å². The van der Waals surface area contributed by atoms with E-state index < -0.39 is 0 Å². The van der Waals surface area contributed by atoms with E-state index in [1.165, 1.54) is 6.92 Å². The molecule has 1 rings (SSSR count). The Morgan fingerprint density at radius 3 is 2.57 bits per heavy atom. The Bertz CT molecular complexity index is 308. The summed E-state index contributed by atoms with van der Waals surface area (Å²) in [6, 6.07) is 9.61. The van der Waals surface area contributed by atoms with Crippen LogP contribution in [0.2, 0.25) is 0 Å². The third kappa shape index (κ3) is 3.75. The number of hydrogen-bond acceptors (Lipinski definition) is 3. The highest BCUT2D eigenvalue weighted by Gasteiger charge is 2.12. The number of hydrogen-bond donors (Lipinski definition) is 0. The first kappa shape index (κ1) is 11.0. The van der Waals surface area contributed by atoms with Crippen molar-refractivity contribution in [1.82, 2.24) is 0 Å². The van der Waals surface area contributed by atoms with Crippen LogP contribution < -0.4 is 0 Å². The summed E-state index contributed by atoms with van der Waals surface area (Å²) in [5, 5.41) is -0.427. The molecule has 0 spiro atoms. The van der Waals surface area contributed by atoms with E-state index in [2.05, 4.69) is 0 Å². The SMILES string of the molecule is CC(=O)SC([C]=O)Cc1ccccc1. The average molecular weight is 207 g/mol. The second kappa shape index (κ2) is 5.60. The lowest BCUT2D eigenvalue weighted by Gasteiger charge is -2.05. The first-order valence-corrected chi connectivity index (χ1v) is 5.19. The van der Waals surface area contributed by atoms with Gasteiger partial charge >= 0.3 is 0 Å². The normalized spacial score (nSPS) is 12.1. The summed E-state index contributed by atoms with van der Waals surface area (Å²) in [7, 11) is 0. The maximum absolute atomic E-state index is 10.8. The molecule has 0 aliphatic rings. The number of rotatable bonds is 4. The molecule has 2 nitrogen and oxygen atoms in total. The highest BCUT2D eigenvalue weighted by Crippen LogP contribution is 2.15. The quantitative estimate of drug-likeness (QED) is 0.757. The van der Waals surface area contributed by atoms with E-state index in [-0.39, 0.29) is 10.4 Å². The first-order valence-electron chi connectivity index (χ1n) is 4.31. The van der Waals surface area contributed by atoms with Gasteiger partial charge in [0, 0.05) is 6.92 Å². The van der Waals surface area contributed by atoms with E-state index in [9.17, 15) is 9.59 Å². The summed E-state index contributed by atoms with van der Waals surface area (Å²) in [5.41, 5.74) is 1.05. The predicted octanol–water partition coefficient (Wildman–Crippen LogP) is 1.99. The fourth-order valence-corrected chi connectivity index (χ4v) is 1.86. The molecule has 0 heterocycles. The highest BCUT2D eigenvalue weighted by atomic mass is 32.2. The summed E-state index contributed by atoms with van der Waals surface area (Å²) in [6.07, 6.45) is 2.44. The van der Waals surface area contributed by atoms with E-state index in [1.807, 2.05) is 36.6 Å². The summed E-state index contributed by atoms with van der Waals surface area (Å²) in [5.74, 6) is 0. The third-order valence-electron chi connectivity index (χ3n) is 1.70. The molecule has 1 radical (unpaired) electrons. The van der Waals surface area contributed by atoms with Crippen molar-refractivity contribution in [3.8, 4) is 0 Å². The van der Waals surface area contributed by atoms with E-state index in [0.29, 0.717) is 6.42 Å². The van der Waals surface area contributed by atoms with Gasteiger partial charge in [0.2, 0.25) is 6.29 Å². The van der Waals surface area contributed by atoms with Crippen LogP contribution in [0, 0.1) is 0 Å². The fraction of sp³-hybridized carbons (Fsp3) is 0.273. The van der Waals surface area contributed by atoms with Crippen molar-refractivity contribution < 1.29 is 9.59 Å². The Balaban J connectivity index is 2.57. The number of carbonyl (C=O) groups excluding carboxylic acids is 2. The molecule has 1 atom stereocenters. The predicted molar refractivity (Wildman–Crippen MR) is 57.9 cm³/mol. The summed E-state index contributed by atoms with van der Waals surface area (Å²) >= 11 is 1.03. The Morgan fingerprint density at radius 2 is 2.07 bits per heavy atom. The lowest BCUT2D eigenvalue weighted by Crippen LogP contribution is -2.10. The number of carbonyl (C=O) groups is 1. The zero-order chi connectivity index (χ0) is 10.4. The average Bonchev–Trinajstić information content (AvgIpc) is 2.17. The molecule has 0 saturated heterocycles. The van der Waals surface area contributed by atoms with Crippen molar-refractivity contribution in [2.45, 2.75) is 18.6 Å². The summed E-state index contributed by atoms with van der Waals surface area (Å²) in [4.78, 5) is 21.3. The van der Waals surface area contributed by atoms with Crippen LogP contribution in [0.15, 0.2) is 30.3 Å². The minimum absolute atomic E-state index is 0.0470. The van der Waals surface area contributed by atoms with Gasteiger partial charge in [-0.15, -0.1) is 0 Å². The highest BCUT2D eigenvalue weighted by molar-refractivity contribution is 8.14. The molecule has 0 bridgehead atoms.